The van der Waals surface area contributed by atoms with Crippen LogP contribution >= 0.6 is 15.9 Å². The van der Waals surface area contributed by atoms with Gasteiger partial charge in [0.1, 0.15) is 23.7 Å². The Morgan fingerprint density at radius 1 is 0.870 bits per heavy atom. The summed E-state index contributed by atoms with van der Waals surface area (Å²) in [4.78, 5) is 8.47. The Kier molecular flexibility index (Phi) is 4.73. The SMILES string of the molecule is COc1cccc(Nc2cc(Nc3ccc(Br)cc3)ncn2)c1. The highest BCUT2D eigenvalue weighted by Crippen LogP contribution is 2.22. The molecule has 0 bridgehead atoms. The highest BCUT2D eigenvalue weighted by atomic mass is 79.9. The molecule has 1 heterocycles. The van der Waals surface area contributed by atoms with E-state index in [1.54, 1.807) is 7.11 Å². The summed E-state index contributed by atoms with van der Waals surface area (Å²) in [6.07, 6.45) is 1.52. The predicted octanol–water partition coefficient (Wildman–Crippen LogP) is 4.73. The lowest BCUT2D eigenvalue weighted by atomic mass is 10.3. The maximum Gasteiger partial charge on any atom is 0.135 e. The standard InChI is InChI=1S/C17H15BrN4O/c1-23-15-4-2-3-14(9-15)22-17-10-16(19-11-20-17)21-13-7-5-12(18)6-8-13/h2-11H,1H3,(H2,19,20,21,22). The maximum atomic E-state index is 5.22. The molecule has 0 aliphatic heterocycles. The van der Waals surface area contributed by atoms with E-state index < -0.39 is 0 Å². The van der Waals surface area contributed by atoms with Crippen LogP contribution in [0, 0.1) is 0 Å². The van der Waals surface area contributed by atoms with Gasteiger partial charge >= 0.3 is 0 Å². The molecule has 2 N–H and O–H groups in total. The van der Waals surface area contributed by atoms with Crippen LogP contribution in [0.5, 0.6) is 5.75 Å². The van der Waals surface area contributed by atoms with Crippen molar-refractivity contribution in [1.29, 1.82) is 0 Å². The van der Waals surface area contributed by atoms with Crippen LogP contribution in [0.4, 0.5) is 23.0 Å². The molecular weight excluding hydrogens is 356 g/mol. The Morgan fingerprint density at radius 3 is 2.26 bits per heavy atom. The Hall–Kier alpha value is -2.60. The molecule has 5 nitrogen and oxygen atoms in total. The van der Waals surface area contributed by atoms with Gasteiger partial charge in [-0.1, -0.05) is 22.0 Å². The normalized spacial score (nSPS) is 10.2. The summed E-state index contributed by atoms with van der Waals surface area (Å²) in [6.45, 7) is 0. The second-order valence-corrected chi connectivity index (χ2v) is 5.69. The van der Waals surface area contributed by atoms with Crippen LogP contribution in [0.25, 0.3) is 0 Å². The Balaban J connectivity index is 1.75. The summed E-state index contributed by atoms with van der Waals surface area (Å²) >= 11 is 3.42. The third-order valence-corrected chi connectivity index (χ3v) is 3.65. The molecule has 0 amide bonds. The van der Waals surface area contributed by atoms with Crippen LogP contribution in [-0.4, -0.2) is 17.1 Å². The number of aromatic nitrogens is 2. The summed E-state index contributed by atoms with van der Waals surface area (Å²) in [7, 11) is 1.64. The second-order valence-electron chi connectivity index (χ2n) is 4.78. The fraction of sp³-hybridized carbons (Fsp3) is 0.0588. The zero-order valence-corrected chi connectivity index (χ0v) is 14.0. The molecule has 0 saturated carbocycles. The van der Waals surface area contributed by atoms with Crippen molar-refractivity contribution in [3.63, 3.8) is 0 Å². The van der Waals surface area contributed by atoms with E-state index in [9.17, 15) is 0 Å². The van der Waals surface area contributed by atoms with Crippen molar-refractivity contribution < 1.29 is 4.74 Å². The van der Waals surface area contributed by atoms with Gasteiger partial charge in [-0.15, -0.1) is 0 Å². The highest BCUT2D eigenvalue weighted by molar-refractivity contribution is 9.10. The van der Waals surface area contributed by atoms with Crippen molar-refractivity contribution in [3.8, 4) is 5.75 Å². The summed E-state index contributed by atoms with van der Waals surface area (Å²) < 4.78 is 6.25. The van der Waals surface area contributed by atoms with Crippen molar-refractivity contribution in [2.45, 2.75) is 0 Å². The van der Waals surface area contributed by atoms with Crippen molar-refractivity contribution >= 4 is 38.9 Å². The van der Waals surface area contributed by atoms with Gasteiger partial charge in [0.2, 0.25) is 0 Å². The number of halogens is 1. The minimum absolute atomic E-state index is 0.702. The molecular formula is C17H15BrN4O. The molecule has 0 unspecified atom stereocenters. The maximum absolute atomic E-state index is 5.22. The van der Waals surface area contributed by atoms with Crippen LogP contribution in [0.3, 0.4) is 0 Å². The smallest absolute Gasteiger partial charge is 0.135 e. The van der Waals surface area contributed by atoms with Gasteiger partial charge in [0.15, 0.2) is 0 Å². The van der Waals surface area contributed by atoms with Crippen molar-refractivity contribution in [2.75, 3.05) is 17.7 Å². The first-order valence-electron chi connectivity index (χ1n) is 6.99. The van der Waals surface area contributed by atoms with E-state index >= 15 is 0 Å². The molecule has 2 aromatic carbocycles. The average molecular weight is 371 g/mol. The van der Waals surface area contributed by atoms with E-state index in [0.29, 0.717) is 11.6 Å². The number of anilines is 4. The van der Waals surface area contributed by atoms with Crippen LogP contribution in [0.15, 0.2) is 65.4 Å². The van der Waals surface area contributed by atoms with Crippen LogP contribution < -0.4 is 15.4 Å². The van der Waals surface area contributed by atoms with Crippen LogP contribution in [-0.2, 0) is 0 Å². The van der Waals surface area contributed by atoms with Crippen LogP contribution in [0.1, 0.15) is 0 Å². The van der Waals surface area contributed by atoms with Crippen LogP contribution in [0.2, 0.25) is 0 Å². The van der Waals surface area contributed by atoms with E-state index in [2.05, 4.69) is 36.5 Å². The van der Waals surface area contributed by atoms with Crippen molar-refractivity contribution in [1.82, 2.24) is 9.97 Å². The summed E-state index contributed by atoms with van der Waals surface area (Å²) in [6, 6.07) is 17.4. The first-order chi connectivity index (χ1) is 11.2. The number of methoxy groups -OCH3 is 1. The number of nitrogens with zero attached hydrogens (tertiary/aromatic N) is 2. The Morgan fingerprint density at radius 2 is 1.57 bits per heavy atom. The molecule has 0 atom stereocenters. The molecule has 3 aromatic rings. The lowest BCUT2D eigenvalue weighted by Gasteiger charge is -2.09. The monoisotopic (exact) mass is 370 g/mol. The van der Waals surface area contributed by atoms with E-state index in [1.165, 1.54) is 6.33 Å². The third kappa shape index (κ3) is 4.20. The van der Waals surface area contributed by atoms with Crippen molar-refractivity contribution in [3.05, 3.63) is 65.4 Å². The summed E-state index contributed by atoms with van der Waals surface area (Å²) in [5.41, 5.74) is 1.86. The summed E-state index contributed by atoms with van der Waals surface area (Å²) in [5, 5.41) is 6.48. The molecule has 3 rings (SSSR count). The van der Waals surface area contributed by atoms with Gasteiger partial charge in [0.25, 0.3) is 0 Å². The van der Waals surface area contributed by atoms with Gasteiger partial charge in [-0.25, -0.2) is 9.97 Å². The third-order valence-electron chi connectivity index (χ3n) is 3.13. The molecule has 0 saturated heterocycles. The zero-order chi connectivity index (χ0) is 16.1. The average Bonchev–Trinajstić information content (AvgIpc) is 2.57. The second kappa shape index (κ2) is 7.11. The first-order valence-corrected chi connectivity index (χ1v) is 7.78. The van der Waals surface area contributed by atoms with Gasteiger partial charge in [-0.2, -0.15) is 0 Å². The minimum Gasteiger partial charge on any atom is -0.497 e. The fourth-order valence-electron chi connectivity index (χ4n) is 2.02. The van der Waals surface area contributed by atoms with Gasteiger partial charge in [0.05, 0.1) is 7.11 Å². The predicted molar refractivity (Wildman–Crippen MR) is 95.7 cm³/mol. The molecule has 0 fully saturated rings. The zero-order valence-electron chi connectivity index (χ0n) is 12.5. The Labute approximate surface area is 142 Å². The lowest BCUT2D eigenvalue weighted by molar-refractivity contribution is 0.415. The van der Waals surface area contributed by atoms with Gasteiger partial charge in [-0.3, -0.25) is 0 Å². The number of rotatable bonds is 5. The molecule has 0 radical (unpaired) electrons. The quantitative estimate of drug-likeness (QED) is 0.679. The molecule has 0 spiro atoms. The Bertz CT molecular complexity index is 793. The van der Waals surface area contributed by atoms with E-state index in [1.807, 2.05) is 54.6 Å². The number of hydrogen-bond donors (Lipinski definition) is 2. The minimum atomic E-state index is 0.702. The molecule has 6 heteroatoms. The van der Waals surface area contributed by atoms with Gasteiger partial charge in [-0.05, 0) is 36.4 Å². The highest BCUT2D eigenvalue weighted by Gasteiger charge is 2.02. The first kappa shape index (κ1) is 15.3. The largest absolute Gasteiger partial charge is 0.497 e. The number of nitrogens with one attached hydrogen (secondary N) is 2. The van der Waals surface area contributed by atoms with E-state index in [4.69, 9.17) is 4.74 Å². The molecule has 23 heavy (non-hydrogen) atoms. The fourth-order valence-corrected chi connectivity index (χ4v) is 2.29. The van der Waals surface area contributed by atoms with E-state index in [-0.39, 0.29) is 0 Å². The van der Waals surface area contributed by atoms with Gasteiger partial charge < -0.3 is 15.4 Å². The molecule has 0 aliphatic rings. The number of hydrogen-bond acceptors (Lipinski definition) is 5. The van der Waals surface area contributed by atoms with E-state index in [0.717, 1.165) is 21.6 Å². The molecule has 116 valence electrons. The van der Waals surface area contributed by atoms with Gasteiger partial charge in [0, 0.05) is 28.0 Å². The molecule has 0 aliphatic carbocycles. The molecule has 1 aromatic heterocycles. The number of ether oxygens (including phenoxy) is 1. The van der Waals surface area contributed by atoms with Crippen molar-refractivity contribution in [2.24, 2.45) is 0 Å². The topological polar surface area (TPSA) is 59.1 Å². The number of benzene rings is 2. The lowest BCUT2D eigenvalue weighted by Crippen LogP contribution is -1.98. The summed E-state index contributed by atoms with van der Waals surface area (Å²) in [5.74, 6) is 2.21.